The van der Waals surface area contributed by atoms with Gasteiger partial charge in [0.1, 0.15) is 18.1 Å². The number of carbonyl (C=O) groups excluding carboxylic acids is 7. The van der Waals surface area contributed by atoms with Gasteiger partial charge in [-0.3, -0.25) is 47.2 Å². The number of benzene rings is 1. The van der Waals surface area contributed by atoms with E-state index in [0.717, 1.165) is 0 Å². The summed E-state index contributed by atoms with van der Waals surface area (Å²) in [6.07, 6.45) is -3.03. The first kappa shape index (κ1) is 70.9. The number of aromatic hydroxyl groups is 1. The van der Waals surface area contributed by atoms with E-state index in [1.807, 2.05) is 61.5 Å². The van der Waals surface area contributed by atoms with Crippen molar-refractivity contribution in [2.45, 2.75) is 187 Å². The summed E-state index contributed by atoms with van der Waals surface area (Å²) in [5.41, 5.74) is 33.7. The van der Waals surface area contributed by atoms with Crippen molar-refractivity contribution in [2.75, 3.05) is 6.54 Å². The summed E-state index contributed by atoms with van der Waals surface area (Å²) in [4.78, 5) is 109. The third kappa shape index (κ3) is 13.5. The second-order valence-electron chi connectivity index (χ2n) is 26.6. The summed E-state index contributed by atoms with van der Waals surface area (Å²) >= 11 is 0. The summed E-state index contributed by atoms with van der Waals surface area (Å²) in [5, 5.41) is 56.4. The van der Waals surface area contributed by atoms with E-state index in [2.05, 4.69) is 10.3 Å². The minimum Gasteiger partial charge on any atom is -0.681 e. The van der Waals surface area contributed by atoms with Crippen molar-refractivity contribution in [3.63, 3.8) is 0 Å². The molecule has 0 spiro atoms. The molecule has 1 aromatic heterocycles. The van der Waals surface area contributed by atoms with E-state index in [0.29, 0.717) is 45.5 Å². The average Bonchev–Trinajstić information content (AvgIpc) is 1.53. The van der Waals surface area contributed by atoms with Gasteiger partial charge >= 0.3 is 7.82 Å². The number of aliphatic hydroxyl groups excluding tert-OH is 2. The van der Waals surface area contributed by atoms with Gasteiger partial charge in [0.25, 0.3) is 0 Å². The van der Waals surface area contributed by atoms with E-state index in [1.54, 1.807) is 0 Å². The smallest absolute Gasteiger partial charge is 0.473 e. The van der Waals surface area contributed by atoms with Crippen LogP contribution in [0.4, 0.5) is 0 Å². The van der Waals surface area contributed by atoms with Gasteiger partial charge in [0, 0.05) is 74.3 Å². The Balaban J connectivity index is 0.0000115. The quantitative estimate of drug-likeness (QED) is 0.0461. The molecule has 28 nitrogen and oxygen atoms in total. The molecule has 90 heavy (non-hydrogen) atoms. The number of hydrogen-bond donors (Lipinski definition) is 11. The molecule has 8 bridgehead atoms. The number of imidazole rings is 1. The number of ether oxygens (including phenoxy) is 1. The maximum atomic E-state index is 14.3. The van der Waals surface area contributed by atoms with Crippen LogP contribution in [-0.4, -0.2) is 126 Å². The van der Waals surface area contributed by atoms with Gasteiger partial charge in [0.05, 0.1) is 23.5 Å². The molecule has 17 unspecified atom stereocenters. The van der Waals surface area contributed by atoms with Crippen LogP contribution >= 0.6 is 7.82 Å². The largest absolute Gasteiger partial charge is 0.681 e. The molecule has 1 radical (unpaired) electrons. The number of phenols is 1. The first-order valence-electron chi connectivity index (χ1n) is 29.9. The molecule has 17 N–H and O–H groups in total. The number of aliphatic hydroxyl groups is 2. The average molecular weight is 1320 g/mol. The fourth-order valence-corrected chi connectivity index (χ4v) is 16.7. The van der Waals surface area contributed by atoms with Gasteiger partial charge < -0.3 is 85.9 Å². The monoisotopic (exact) mass is 1320 g/mol. The predicted octanol–water partition coefficient (Wildman–Crippen LogP) is 4.98. The Morgan fingerprint density at radius 3 is 2.08 bits per heavy atom. The van der Waals surface area contributed by atoms with Crippen LogP contribution in [0.3, 0.4) is 0 Å². The number of nitrogens with two attached hydrogens (primary N) is 6. The Morgan fingerprint density at radius 2 is 1.48 bits per heavy atom. The Kier molecular flexibility index (Phi) is 20.9. The van der Waals surface area contributed by atoms with Gasteiger partial charge in [-0.05, 0) is 104 Å². The number of allylic oxidation sites excluding steroid dienone is 3. The predicted molar refractivity (Wildman–Crippen MR) is 325 cm³/mol. The van der Waals surface area contributed by atoms with Crippen molar-refractivity contribution >= 4 is 60.2 Å². The summed E-state index contributed by atoms with van der Waals surface area (Å²) in [6, 6.07) is 0.861. The zero-order valence-electron chi connectivity index (χ0n) is 52.1. The Morgan fingerprint density at radius 1 is 0.856 bits per heavy atom. The molecule has 7 amide bonds. The number of phenolic OH excluding ortho intramolecular Hbond substituents is 1. The molecule has 30 heteroatoms. The van der Waals surface area contributed by atoms with Crippen LogP contribution in [0.1, 0.15) is 139 Å². The molecule has 17 atom stereocenters. The Labute approximate surface area is 533 Å². The topological polar surface area (TPSA) is 488 Å². The third-order valence-corrected chi connectivity index (χ3v) is 21.5. The second-order valence-corrected chi connectivity index (χ2v) is 28.0. The van der Waals surface area contributed by atoms with Crippen LogP contribution in [0.25, 0.3) is 32.3 Å². The number of phosphoric acid groups is 1. The fraction of sp³-hybridized carbons (Fsp3) is 0.633. The number of rotatable bonds is 25. The zero-order chi connectivity index (χ0) is 65.8. The molecule has 499 valence electrons. The standard InChI is InChI=1S/C60H86N13O15P.Co/c1-28(87-89(84,85)88-51-39(26-74)86-55(50(51)83)73-27-68-37-20-31(75)10-14-38(37)73)25-67-47(82)18-19-57(6)35(21-44(64)79)54-60(9)59(8,24-46(66)81)34(13-17-43(63)78)49(72-60)30(3)53-58(7,23-45(65)80)32(11-15-41(61)76)36(69-53)22-40-56(4,5)33(12-16-42(62)77)48(70-40)29(2)52(57)71-54;/h10,14,20,22,26-28,32-35,40,49-52,54-55,74-75,83H,11-13,15-19,21,23-25H2,1-9H3,(H2,61,76)(H2,62,77)(H2,63,78)(H2,64,79)(H2,65,80)(H2,66,81)(H,67,82)(H,84,85);/q-4;/b36-22-,39-26-,48-29-,53-30-;. The third-order valence-electron chi connectivity index (χ3n) is 20.3. The van der Waals surface area contributed by atoms with Crippen molar-refractivity contribution in [1.82, 2.24) is 14.9 Å². The van der Waals surface area contributed by atoms with Gasteiger partial charge in [-0.1, -0.05) is 47.6 Å². The van der Waals surface area contributed by atoms with Crippen molar-refractivity contribution in [3.05, 3.63) is 92.1 Å². The number of carbonyl (C=O) groups is 7. The van der Waals surface area contributed by atoms with Crippen LogP contribution in [0.2, 0.25) is 0 Å². The van der Waals surface area contributed by atoms with Crippen LogP contribution in [0.5, 0.6) is 5.75 Å². The molecule has 0 aliphatic carbocycles. The maximum Gasteiger partial charge on any atom is 0.473 e. The number of nitrogens with zero attached hydrogens (tertiary/aromatic N) is 6. The van der Waals surface area contributed by atoms with Gasteiger partial charge in [0.2, 0.25) is 47.6 Å². The number of hydrogen-bond acceptors (Lipinski definition) is 15. The number of aromatic nitrogens is 2. The van der Waals surface area contributed by atoms with Crippen LogP contribution in [0, 0.1) is 45.3 Å². The first-order chi connectivity index (χ1) is 41.4. The van der Waals surface area contributed by atoms with Crippen LogP contribution in [-0.2, 0) is 68.7 Å². The normalized spacial score (nSPS) is 36.2. The Bertz CT molecular complexity index is 3360. The minimum atomic E-state index is -5.13. The molecule has 6 aliphatic heterocycles. The van der Waals surface area contributed by atoms with Gasteiger partial charge in [0.15, 0.2) is 11.9 Å². The molecule has 5 saturated heterocycles. The molecule has 5 fully saturated rings. The number of phosphoric ester groups is 1. The zero-order valence-corrected chi connectivity index (χ0v) is 54.0. The van der Waals surface area contributed by atoms with Crippen LogP contribution in [0.15, 0.2) is 70.9 Å². The first-order valence-corrected chi connectivity index (χ1v) is 31.4. The molecular weight excluding hydrogens is 1230 g/mol. The number of fused-ring (bicyclic) bond motifs is 10. The van der Waals surface area contributed by atoms with E-state index in [4.69, 9.17) is 69.5 Å². The number of nitrogens with one attached hydrogen (secondary N) is 1. The van der Waals surface area contributed by atoms with Crippen molar-refractivity contribution in [3.8, 4) is 5.75 Å². The molecule has 2 aromatic rings. The molecule has 8 rings (SSSR count). The van der Waals surface area contributed by atoms with E-state index < -0.39 is 155 Å². The minimum absolute atomic E-state index is 0. The van der Waals surface area contributed by atoms with Crippen molar-refractivity contribution in [2.24, 2.45) is 79.7 Å². The fourth-order valence-electron chi connectivity index (χ4n) is 15.6. The van der Waals surface area contributed by atoms with E-state index >= 15 is 0 Å². The van der Waals surface area contributed by atoms with E-state index in [9.17, 15) is 58.3 Å². The number of amides is 7. The van der Waals surface area contributed by atoms with Gasteiger partial charge in [-0.2, -0.15) is 17.1 Å². The summed E-state index contributed by atoms with van der Waals surface area (Å²) < 4.78 is 31.6. The van der Waals surface area contributed by atoms with Gasteiger partial charge in [-0.25, -0.2) is 9.55 Å². The number of primary amides is 6. The maximum absolute atomic E-state index is 14.3. The summed E-state index contributed by atoms with van der Waals surface area (Å²) in [6.45, 7) is 16.2. The molecule has 7 heterocycles. The second kappa shape index (κ2) is 26.6. The van der Waals surface area contributed by atoms with E-state index in [-0.39, 0.29) is 99.7 Å². The molecule has 0 saturated carbocycles. The van der Waals surface area contributed by atoms with Crippen molar-refractivity contribution in [1.29, 1.82) is 0 Å². The van der Waals surface area contributed by atoms with Crippen molar-refractivity contribution < 1.29 is 88.9 Å². The SMILES string of the molecule is C/C1=C2/[N-]/C(=C\C3[N-]/C(=C(/C)C4[N-]C(C(CC(N)=O)C4(C)CCC(=O)NCC(C)OP(=O)(O)OC4/C(=C/O)OC(n5cnc6cc(O)ccc65)C4O)C4(C)[N-]C1C(CCC(N)=O)C4(C)CC(N)=O)C(CCC(N)=O)C3(C)C)C(CCC(N)=O)C2(C)CC(N)=O.[Co]. The molecule has 1 aromatic carbocycles. The summed E-state index contributed by atoms with van der Waals surface area (Å²) in [7, 11) is -5.13. The van der Waals surface area contributed by atoms with Gasteiger partial charge in [-0.15, -0.1) is 40.9 Å². The molecular formula is C60H86CoN13O15P-4. The summed E-state index contributed by atoms with van der Waals surface area (Å²) in [5.74, 6) is -7.53. The Hall–Kier alpha value is -6.56. The van der Waals surface area contributed by atoms with Crippen LogP contribution < -0.4 is 39.7 Å². The molecule has 6 aliphatic rings. The van der Waals surface area contributed by atoms with E-state index in [1.165, 1.54) is 36.0 Å².